The molecule has 1 aromatic carbocycles. The molecule has 39 heavy (non-hydrogen) atoms. The van der Waals surface area contributed by atoms with Crippen LogP contribution in [0.5, 0.6) is 0 Å². The highest BCUT2D eigenvalue weighted by Gasteiger charge is 2.53. The third-order valence-corrected chi connectivity index (χ3v) is 9.36. The lowest BCUT2D eigenvalue weighted by Gasteiger charge is -2.33. The van der Waals surface area contributed by atoms with Crippen molar-refractivity contribution in [1.29, 1.82) is 0 Å². The Labute approximate surface area is 233 Å². The van der Waals surface area contributed by atoms with E-state index in [9.17, 15) is 18.0 Å². The summed E-state index contributed by atoms with van der Waals surface area (Å²) in [4.78, 5) is 18.8. The van der Waals surface area contributed by atoms with Gasteiger partial charge in [-0.1, -0.05) is 58.9 Å². The van der Waals surface area contributed by atoms with Gasteiger partial charge in [-0.3, -0.25) is 4.79 Å². The lowest BCUT2D eigenvalue weighted by atomic mass is 9.81. The highest BCUT2D eigenvalue weighted by molar-refractivity contribution is 7.17. The topological polar surface area (TPSA) is 60.5 Å². The number of ether oxygens (including phenoxy) is 2. The van der Waals surface area contributed by atoms with Crippen molar-refractivity contribution in [1.82, 2.24) is 10.3 Å². The highest BCUT2D eigenvalue weighted by Crippen LogP contribution is 2.45. The molecule has 1 atom stereocenters. The standard InChI is InChI=1S/C30H41F3N2O3S/c1-28(2,3)21-16-20(17-22(18-21)29(4,37-5)30(31,32)33)25-24(15-19-9-7-6-8-10-19)35-27(39-25)26(36)34-23-11-13-38-14-12-23/h16-19,23H,6-15H2,1-5H3,(H,34,36). The van der Waals surface area contributed by atoms with E-state index in [2.05, 4.69) is 5.32 Å². The van der Waals surface area contributed by atoms with Crippen molar-refractivity contribution in [3.63, 3.8) is 0 Å². The zero-order valence-electron chi connectivity index (χ0n) is 23.7. The van der Waals surface area contributed by atoms with Gasteiger partial charge < -0.3 is 14.8 Å². The smallest absolute Gasteiger partial charge is 0.381 e. The number of nitrogens with zero attached hydrogens (tertiary/aromatic N) is 1. The Morgan fingerprint density at radius 1 is 1.03 bits per heavy atom. The molecule has 1 unspecified atom stereocenters. The van der Waals surface area contributed by atoms with Crippen molar-refractivity contribution in [2.24, 2.45) is 5.92 Å². The summed E-state index contributed by atoms with van der Waals surface area (Å²) in [5, 5.41) is 3.45. The molecule has 1 N–H and O–H groups in total. The quantitative estimate of drug-likeness (QED) is 0.376. The van der Waals surface area contributed by atoms with Crippen molar-refractivity contribution >= 4 is 17.2 Å². The molecule has 2 heterocycles. The lowest BCUT2D eigenvalue weighted by Crippen LogP contribution is -2.41. The van der Waals surface area contributed by atoms with E-state index in [1.54, 1.807) is 12.1 Å². The molecule has 1 amide bonds. The summed E-state index contributed by atoms with van der Waals surface area (Å²) in [6.07, 6.45) is 3.38. The molecule has 2 aromatic rings. The van der Waals surface area contributed by atoms with Gasteiger partial charge in [-0.2, -0.15) is 13.2 Å². The Balaban J connectivity index is 1.80. The van der Waals surface area contributed by atoms with Crippen molar-refractivity contribution in [2.45, 2.75) is 102 Å². The Kier molecular flexibility index (Phi) is 9.13. The predicted octanol–water partition coefficient (Wildman–Crippen LogP) is 7.56. The van der Waals surface area contributed by atoms with Gasteiger partial charge in [-0.25, -0.2) is 4.98 Å². The number of alkyl halides is 3. The highest BCUT2D eigenvalue weighted by atomic mass is 32.1. The van der Waals surface area contributed by atoms with E-state index in [4.69, 9.17) is 14.5 Å². The largest absolute Gasteiger partial charge is 0.421 e. The number of hydrogen-bond acceptors (Lipinski definition) is 5. The number of methoxy groups -OCH3 is 1. The molecular formula is C30H41F3N2O3S. The fourth-order valence-electron chi connectivity index (χ4n) is 5.43. The van der Waals surface area contributed by atoms with Crippen LogP contribution in [0.3, 0.4) is 0 Å². The average Bonchev–Trinajstić information content (AvgIpc) is 3.32. The molecule has 2 aliphatic rings. The van der Waals surface area contributed by atoms with Crippen LogP contribution in [0.25, 0.3) is 10.4 Å². The van der Waals surface area contributed by atoms with Gasteiger partial charge in [0.25, 0.3) is 5.91 Å². The van der Waals surface area contributed by atoms with Gasteiger partial charge in [0.15, 0.2) is 10.6 Å². The maximum absolute atomic E-state index is 14.3. The number of halogens is 3. The Morgan fingerprint density at radius 3 is 2.26 bits per heavy atom. The van der Waals surface area contributed by atoms with E-state index in [0.717, 1.165) is 55.9 Å². The normalized spacial score (nSPS) is 19.6. The molecule has 0 radical (unpaired) electrons. The van der Waals surface area contributed by atoms with Gasteiger partial charge >= 0.3 is 6.18 Å². The molecular weight excluding hydrogens is 525 g/mol. The van der Waals surface area contributed by atoms with Gasteiger partial charge in [0.05, 0.1) is 10.6 Å². The van der Waals surface area contributed by atoms with Crippen LogP contribution < -0.4 is 5.32 Å². The fraction of sp³-hybridized carbons (Fsp3) is 0.667. The molecule has 216 valence electrons. The summed E-state index contributed by atoms with van der Waals surface area (Å²) in [5.74, 6) is 0.225. The number of carbonyl (C=O) groups excluding carboxylic acids is 1. The van der Waals surface area contributed by atoms with Crippen molar-refractivity contribution in [3.8, 4) is 10.4 Å². The molecule has 2 fully saturated rings. The van der Waals surface area contributed by atoms with Crippen LogP contribution in [0.4, 0.5) is 13.2 Å². The summed E-state index contributed by atoms with van der Waals surface area (Å²) >= 11 is 1.28. The number of amides is 1. The Hall–Kier alpha value is -1.97. The van der Waals surface area contributed by atoms with Gasteiger partial charge in [-0.15, -0.1) is 11.3 Å². The zero-order valence-corrected chi connectivity index (χ0v) is 24.5. The molecule has 5 nitrogen and oxygen atoms in total. The molecule has 1 aliphatic carbocycles. The van der Waals surface area contributed by atoms with Crippen LogP contribution >= 0.6 is 11.3 Å². The van der Waals surface area contributed by atoms with Gasteiger partial charge in [-0.05, 0) is 66.3 Å². The maximum atomic E-state index is 14.3. The summed E-state index contributed by atoms with van der Waals surface area (Å²) in [5.41, 5.74) is -0.605. The van der Waals surface area contributed by atoms with Crippen LogP contribution in [0.1, 0.15) is 99.3 Å². The molecule has 0 bridgehead atoms. The predicted molar refractivity (Wildman–Crippen MR) is 148 cm³/mol. The lowest BCUT2D eigenvalue weighted by molar-refractivity contribution is -0.269. The minimum Gasteiger partial charge on any atom is -0.381 e. The number of benzene rings is 1. The molecule has 1 saturated carbocycles. The summed E-state index contributed by atoms with van der Waals surface area (Å²) in [6.45, 7) is 8.24. The van der Waals surface area contributed by atoms with Gasteiger partial charge in [0, 0.05) is 26.4 Å². The van der Waals surface area contributed by atoms with Crippen LogP contribution in [0.15, 0.2) is 18.2 Å². The first-order valence-corrected chi connectivity index (χ1v) is 14.8. The second-order valence-electron chi connectivity index (χ2n) is 12.1. The van der Waals surface area contributed by atoms with Gasteiger partial charge in [0.2, 0.25) is 0 Å². The SMILES string of the molecule is COC(C)(c1cc(-c2sc(C(=O)NC3CCOCC3)nc2CC2CCCCC2)cc(C(C)(C)C)c1)C(F)(F)F. The number of thiazole rings is 1. The third-order valence-electron chi connectivity index (χ3n) is 8.22. The summed E-state index contributed by atoms with van der Waals surface area (Å²) < 4.78 is 53.4. The Morgan fingerprint density at radius 2 is 1.67 bits per heavy atom. The van der Waals surface area contributed by atoms with Crippen LogP contribution in [0.2, 0.25) is 0 Å². The van der Waals surface area contributed by atoms with E-state index < -0.39 is 17.2 Å². The van der Waals surface area contributed by atoms with E-state index in [-0.39, 0.29) is 17.5 Å². The van der Waals surface area contributed by atoms with Crippen molar-refractivity contribution in [3.05, 3.63) is 40.0 Å². The Bertz CT molecular complexity index is 1150. The number of rotatable bonds is 7. The van der Waals surface area contributed by atoms with Crippen LogP contribution in [0, 0.1) is 5.92 Å². The molecule has 1 saturated heterocycles. The first-order chi connectivity index (χ1) is 18.3. The van der Waals surface area contributed by atoms with E-state index >= 15 is 0 Å². The maximum Gasteiger partial charge on any atom is 0.421 e. The first kappa shape index (κ1) is 30.0. The molecule has 0 spiro atoms. The van der Waals surface area contributed by atoms with Crippen LogP contribution in [-0.4, -0.2) is 43.4 Å². The molecule has 1 aromatic heterocycles. The number of carbonyl (C=O) groups is 1. The molecule has 9 heteroatoms. The minimum atomic E-state index is -4.61. The second-order valence-corrected chi connectivity index (χ2v) is 13.1. The molecule has 1 aliphatic heterocycles. The zero-order chi connectivity index (χ0) is 28.4. The average molecular weight is 567 g/mol. The number of aromatic nitrogens is 1. The van der Waals surface area contributed by atoms with Gasteiger partial charge in [0.1, 0.15) is 0 Å². The third kappa shape index (κ3) is 6.85. The number of nitrogens with one attached hydrogen (secondary N) is 1. The van der Waals surface area contributed by atoms with Crippen molar-refractivity contribution in [2.75, 3.05) is 20.3 Å². The van der Waals surface area contributed by atoms with E-state index in [0.29, 0.717) is 36.1 Å². The van der Waals surface area contributed by atoms with Crippen molar-refractivity contribution < 1.29 is 27.4 Å². The summed E-state index contributed by atoms with van der Waals surface area (Å²) in [7, 11) is 1.09. The van der Waals surface area contributed by atoms with E-state index in [1.165, 1.54) is 30.6 Å². The monoisotopic (exact) mass is 566 g/mol. The molecule has 4 rings (SSSR count). The fourth-order valence-corrected chi connectivity index (χ4v) is 6.41. The van der Waals surface area contributed by atoms with Crippen LogP contribution in [-0.2, 0) is 26.9 Å². The second kappa shape index (κ2) is 11.9. The number of hydrogen-bond donors (Lipinski definition) is 1. The first-order valence-electron chi connectivity index (χ1n) is 14.0. The van der Waals surface area contributed by atoms with E-state index in [1.807, 2.05) is 26.8 Å². The minimum absolute atomic E-state index is 0.0328. The summed E-state index contributed by atoms with van der Waals surface area (Å²) in [6, 6.07) is 5.16.